The van der Waals surface area contributed by atoms with Crippen LogP contribution in [0.2, 0.25) is 0 Å². The van der Waals surface area contributed by atoms with Crippen LogP contribution >= 0.6 is 0 Å². The molecule has 0 aromatic heterocycles. The summed E-state index contributed by atoms with van der Waals surface area (Å²) in [6, 6.07) is 0. The van der Waals surface area contributed by atoms with Crippen LogP contribution < -0.4 is 5.73 Å². The Kier molecular flexibility index (Phi) is 1.66. The van der Waals surface area contributed by atoms with E-state index in [4.69, 9.17) is 15.9 Å². The van der Waals surface area contributed by atoms with Crippen LogP contribution in [0.5, 0.6) is 0 Å². The molecule has 0 spiro atoms. The number of hydrogen-bond acceptors (Lipinski definition) is 3. The van der Waals surface area contributed by atoms with Crippen molar-refractivity contribution in [3.63, 3.8) is 0 Å². The van der Waals surface area contributed by atoms with E-state index in [1.807, 2.05) is 0 Å². The first-order valence-corrected chi connectivity index (χ1v) is 3.19. The standard InChI is InChI=1S/C6H11NO3/c7-5(10)6(3-9)1-4(6)2-8/h4,8-9H,1-3H2,(H2,7,10). The molecule has 0 bridgehead atoms. The Balaban J connectivity index is 2.59. The summed E-state index contributed by atoms with van der Waals surface area (Å²) in [4.78, 5) is 10.6. The van der Waals surface area contributed by atoms with E-state index in [-0.39, 0.29) is 19.1 Å². The smallest absolute Gasteiger partial charge is 0.226 e. The molecule has 1 aliphatic carbocycles. The first-order valence-electron chi connectivity index (χ1n) is 3.19. The van der Waals surface area contributed by atoms with Gasteiger partial charge in [0.1, 0.15) is 0 Å². The lowest BCUT2D eigenvalue weighted by atomic mass is 10.1. The molecule has 0 radical (unpaired) electrons. The van der Waals surface area contributed by atoms with Crippen molar-refractivity contribution < 1.29 is 15.0 Å². The maximum atomic E-state index is 10.6. The Hall–Kier alpha value is -0.610. The van der Waals surface area contributed by atoms with Crippen molar-refractivity contribution in [2.45, 2.75) is 6.42 Å². The topological polar surface area (TPSA) is 83.6 Å². The number of hydrogen-bond donors (Lipinski definition) is 3. The zero-order valence-corrected chi connectivity index (χ0v) is 5.58. The predicted octanol–water partition coefficient (Wildman–Crippen LogP) is -1.54. The van der Waals surface area contributed by atoms with Gasteiger partial charge in [-0.2, -0.15) is 0 Å². The average molecular weight is 145 g/mol. The Morgan fingerprint density at radius 1 is 1.70 bits per heavy atom. The highest BCUT2D eigenvalue weighted by Gasteiger charge is 2.58. The van der Waals surface area contributed by atoms with Crippen LogP contribution in [0.25, 0.3) is 0 Å². The lowest BCUT2D eigenvalue weighted by Crippen LogP contribution is -2.30. The van der Waals surface area contributed by atoms with Gasteiger partial charge in [-0.15, -0.1) is 0 Å². The predicted molar refractivity (Wildman–Crippen MR) is 33.9 cm³/mol. The van der Waals surface area contributed by atoms with Crippen molar-refractivity contribution >= 4 is 5.91 Å². The monoisotopic (exact) mass is 145 g/mol. The minimum absolute atomic E-state index is 0.0660. The van der Waals surface area contributed by atoms with E-state index in [0.717, 1.165) is 0 Å². The molecule has 4 N–H and O–H groups in total. The number of primary amides is 1. The third-order valence-corrected chi connectivity index (χ3v) is 2.23. The van der Waals surface area contributed by atoms with Crippen LogP contribution in [0, 0.1) is 11.3 Å². The highest BCUT2D eigenvalue weighted by Crippen LogP contribution is 2.51. The van der Waals surface area contributed by atoms with E-state index in [0.29, 0.717) is 6.42 Å². The van der Waals surface area contributed by atoms with Crippen molar-refractivity contribution in [2.75, 3.05) is 13.2 Å². The number of amides is 1. The van der Waals surface area contributed by atoms with Gasteiger partial charge in [0.05, 0.1) is 12.0 Å². The van der Waals surface area contributed by atoms with Crippen molar-refractivity contribution in [2.24, 2.45) is 17.1 Å². The van der Waals surface area contributed by atoms with Crippen LogP contribution in [-0.2, 0) is 4.79 Å². The number of carbonyl (C=O) groups excluding carboxylic acids is 1. The molecule has 1 amide bonds. The summed E-state index contributed by atoms with van der Waals surface area (Å²) < 4.78 is 0. The van der Waals surface area contributed by atoms with Gasteiger partial charge in [0, 0.05) is 6.61 Å². The van der Waals surface area contributed by atoms with Gasteiger partial charge < -0.3 is 15.9 Å². The van der Waals surface area contributed by atoms with Gasteiger partial charge in [-0.1, -0.05) is 0 Å². The highest BCUT2D eigenvalue weighted by molar-refractivity contribution is 5.84. The van der Waals surface area contributed by atoms with E-state index < -0.39 is 11.3 Å². The maximum Gasteiger partial charge on any atom is 0.226 e. The van der Waals surface area contributed by atoms with Crippen molar-refractivity contribution in [3.8, 4) is 0 Å². The second-order valence-corrected chi connectivity index (χ2v) is 2.76. The van der Waals surface area contributed by atoms with E-state index in [9.17, 15) is 4.79 Å². The van der Waals surface area contributed by atoms with Gasteiger partial charge in [-0.25, -0.2) is 0 Å². The zero-order valence-electron chi connectivity index (χ0n) is 5.58. The third kappa shape index (κ3) is 0.803. The quantitative estimate of drug-likeness (QED) is 0.450. The van der Waals surface area contributed by atoms with Gasteiger partial charge in [0.15, 0.2) is 0 Å². The number of nitrogens with two attached hydrogens (primary N) is 1. The summed E-state index contributed by atoms with van der Waals surface area (Å²) in [6.07, 6.45) is 0.523. The molecule has 2 unspecified atom stereocenters. The summed E-state index contributed by atoms with van der Waals surface area (Å²) in [5.41, 5.74) is 4.20. The Morgan fingerprint density at radius 3 is 2.40 bits per heavy atom. The summed E-state index contributed by atoms with van der Waals surface area (Å²) in [5.74, 6) is -0.621. The maximum absolute atomic E-state index is 10.6. The summed E-state index contributed by atoms with van der Waals surface area (Å²) >= 11 is 0. The van der Waals surface area contributed by atoms with Crippen LogP contribution in [0.4, 0.5) is 0 Å². The fourth-order valence-electron chi connectivity index (χ4n) is 1.19. The fraction of sp³-hybridized carbons (Fsp3) is 0.833. The van der Waals surface area contributed by atoms with Crippen molar-refractivity contribution in [1.29, 1.82) is 0 Å². The lowest BCUT2D eigenvalue weighted by molar-refractivity contribution is -0.125. The molecule has 1 rings (SSSR count). The summed E-state index contributed by atoms with van der Waals surface area (Å²) in [6.45, 7) is -0.308. The van der Waals surface area contributed by atoms with Crippen molar-refractivity contribution in [3.05, 3.63) is 0 Å². The molecule has 0 aliphatic heterocycles. The molecular weight excluding hydrogens is 134 g/mol. The second-order valence-electron chi connectivity index (χ2n) is 2.76. The minimum Gasteiger partial charge on any atom is -0.396 e. The van der Waals surface area contributed by atoms with Crippen LogP contribution in [-0.4, -0.2) is 29.3 Å². The molecule has 4 heteroatoms. The minimum atomic E-state index is -0.797. The lowest BCUT2D eigenvalue weighted by Gasteiger charge is -2.06. The molecule has 0 aromatic rings. The normalized spacial score (nSPS) is 37.6. The van der Waals surface area contributed by atoms with E-state index >= 15 is 0 Å². The molecule has 0 heterocycles. The van der Waals surface area contributed by atoms with Gasteiger partial charge >= 0.3 is 0 Å². The Morgan fingerprint density at radius 2 is 2.30 bits per heavy atom. The average Bonchev–Trinajstić information content (AvgIpc) is 2.62. The van der Waals surface area contributed by atoms with Crippen LogP contribution in [0.15, 0.2) is 0 Å². The van der Waals surface area contributed by atoms with Crippen LogP contribution in [0.1, 0.15) is 6.42 Å². The zero-order chi connectivity index (χ0) is 7.78. The Labute approximate surface area is 58.6 Å². The summed E-state index contributed by atoms with van der Waals surface area (Å²) in [5, 5.41) is 17.3. The largest absolute Gasteiger partial charge is 0.396 e. The molecule has 10 heavy (non-hydrogen) atoms. The van der Waals surface area contributed by atoms with E-state index in [1.54, 1.807) is 0 Å². The van der Waals surface area contributed by atoms with E-state index in [1.165, 1.54) is 0 Å². The van der Waals surface area contributed by atoms with Gasteiger partial charge in [0.25, 0.3) is 0 Å². The molecule has 0 saturated heterocycles. The SMILES string of the molecule is NC(=O)C1(CO)CC1CO. The second kappa shape index (κ2) is 2.21. The highest BCUT2D eigenvalue weighted by atomic mass is 16.3. The first-order chi connectivity index (χ1) is 4.67. The molecule has 0 aromatic carbocycles. The Bertz CT molecular complexity index is 159. The van der Waals surface area contributed by atoms with Gasteiger partial charge in [-0.05, 0) is 12.3 Å². The first kappa shape index (κ1) is 7.50. The number of carbonyl (C=O) groups is 1. The molecular formula is C6H11NO3. The third-order valence-electron chi connectivity index (χ3n) is 2.23. The molecule has 1 saturated carbocycles. The molecule has 1 aliphatic rings. The van der Waals surface area contributed by atoms with Crippen LogP contribution in [0.3, 0.4) is 0 Å². The summed E-state index contributed by atoms with van der Waals surface area (Å²) in [7, 11) is 0. The van der Waals surface area contributed by atoms with Gasteiger partial charge in [-0.3, -0.25) is 4.79 Å². The molecule has 2 atom stereocenters. The molecule has 1 fully saturated rings. The van der Waals surface area contributed by atoms with Crippen molar-refractivity contribution in [1.82, 2.24) is 0 Å². The number of aliphatic hydroxyl groups excluding tert-OH is 2. The number of aliphatic hydroxyl groups is 2. The number of rotatable bonds is 3. The molecule has 4 nitrogen and oxygen atoms in total. The fourth-order valence-corrected chi connectivity index (χ4v) is 1.19. The van der Waals surface area contributed by atoms with E-state index in [2.05, 4.69) is 0 Å². The van der Waals surface area contributed by atoms with Gasteiger partial charge in [0.2, 0.25) is 5.91 Å². The molecule has 58 valence electrons.